The topological polar surface area (TPSA) is 57.7 Å². The Labute approximate surface area is 845 Å². The van der Waals surface area contributed by atoms with Crippen LogP contribution in [-0.2, 0) is 0 Å². The van der Waals surface area contributed by atoms with E-state index in [1.807, 2.05) is 59.7 Å². The first-order chi connectivity index (χ1) is 71.6. The molecule has 0 bridgehead atoms. The quantitative estimate of drug-likeness (QED) is 0.112. The Kier molecular flexibility index (Phi) is 25.0. The molecule has 8 heteroatoms. The fourth-order valence-electron chi connectivity index (χ4n) is 21.7. The first-order valence-electron chi connectivity index (χ1n) is 50.4. The maximum absolute atomic E-state index is 10.5. The second kappa shape index (κ2) is 39.6. The number of aromatic nitrogens is 6. The van der Waals surface area contributed by atoms with Crippen LogP contribution in [0.5, 0.6) is 0 Å². The summed E-state index contributed by atoms with van der Waals surface area (Å²) in [6.45, 7) is 26.4. The van der Waals surface area contributed by atoms with Crippen molar-refractivity contribution in [2.45, 2.75) is 62.3 Å². The number of nitrogens with zero attached hydrogens (tertiary/aromatic N) is 8. The van der Waals surface area contributed by atoms with E-state index in [0.717, 1.165) is 77.6 Å². The summed E-state index contributed by atoms with van der Waals surface area (Å²) in [4.78, 5) is 3.85. The second-order valence-electron chi connectivity index (χ2n) is 36.1. The van der Waals surface area contributed by atoms with E-state index in [-0.39, 0.29) is 0 Å². The lowest BCUT2D eigenvalue weighted by molar-refractivity contribution is 1.15. The molecule has 6 aromatic heterocycles. The number of benzene rings is 21. The van der Waals surface area contributed by atoms with Gasteiger partial charge in [0.1, 0.15) is 0 Å². The van der Waals surface area contributed by atoms with Crippen LogP contribution in [0.1, 0.15) is 63.8 Å². The molecular formula is C137H106N8. The molecule has 27 rings (SSSR count). The van der Waals surface area contributed by atoms with Crippen molar-refractivity contribution in [1.29, 1.82) is 5.26 Å². The number of nitriles is 1. The van der Waals surface area contributed by atoms with Gasteiger partial charge < -0.3 is 27.4 Å². The number of hydrogen-bond acceptors (Lipinski definition) is 1. The molecule has 6 heterocycles. The van der Waals surface area contributed by atoms with Crippen LogP contribution in [0.4, 0.5) is 5.69 Å². The third kappa shape index (κ3) is 16.2. The van der Waals surface area contributed by atoms with Crippen molar-refractivity contribution in [3.05, 3.63) is 513 Å². The van der Waals surface area contributed by atoms with Crippen LogP contribution in [0.3, 0.4) is 0 Å². The van der Waals surface area contributed by atoms with Gasteiger partial charge in [0.15, 0.2) is 5.69 Å². The molecule has 0 fully saturated rings. The van der Waals surface area contributed by atoms with Crippen molar-refractivity contribution in [3.8, 4) is 107 Å². The molecule has 0 amide bonds. The Bertz CT molecular complexity index is 9560. The van der Waals surface area contributed by atoms with Crippen molar-refractivity contribution < 1.29 is 0 Å². The molecule has 8 nitrogen and oxygen atoms in total. The minimum absolute atomic E-state index is 0.623. The molecule has 21 aromatic carbocycles. The number of aryl methyl sites for hydroxylation is 3. The van der Waals surface area contributed by atoms with Crippen LogP contribution in [0.15, 0.2) is 479 Å². The average molecular weight is 1860 g/mol. The first kappa shape index (κ1) is 91.5. The van der Waals surface area contributed by atoms with Crippen LogP contribution in [0, 0.1) is 38.7 Å². The minimum Gasteiger partial charge on any atom is -0.309 e. The molecule has 694 valence electrons. The first-order valence-corrected chi connectivity index (χ1v) is 50.4. The van der Waals surface area contributed by atoms with Crippen molar-refractivity contribution in [3.63, 3.8) is 0 Å². The van der Waals surface area contributed by atoms with Crippen LogP contribution >= 0.6 is 0 Å². The lowest BCUT2D eigenvalue weighted by Gasteiger charge is -2.15. The highest BCUT2D eigenvalue weighted by Gasteiger charge is 2.26. The lowest BCUT2D eigenvalue weighted by Crippen LogP contribution is -1.98. The Morgan fingerprint density at radius 2 is 0.434 bits per heavy atom. The summed E-state index contributed by atoms with van der Waals surface area (Å²) in [5, 5.41) is 25.1. The normalized spacial score (nSPS) is 11.2. The van der Waals surface area contributed by atoms with Gasteiger partial charge in [0.05, 0.1) is 95.8 Å². The molecule has 145 heavy (non-hydrogen) atoms. The van der Waals surface area contributed by atoms with Gasteiger partial charge in [-0.15, -0.1) is 0 Å². The highest BCUT2D eigenvalue weighted by atomic mass is 15.0. The van der Waals surface area contributed by atoms with E-state index in [4.69, 9.17) is 6.57 Å². The highest BCUT2D eigenvalue weighted by molar-refractivity contribution is 6.17. The smallest absolute Gasteiger partial charge is 0.188 e. The number of fused-ring (bicyclic) bond motifs is 18. The third-order valence-electron chi connectivity index (χ3n) is 28.2. The molecule has 0 saturated heterocycles. The van der Waals surface area contributed by atoms with Crippen LogP contribution in [0.25, 0.3) is 237 Å². The molecule has 27 aromatic rings. The van der Waals surface area contributed by atoms with Gasteiger partial charge in [0.25, 0.3) is 0 Å². The van der Waals surface area contributed by atoms with Crippen molar-refractivity contribution in [2.75, 3.05) is 0 Å². The van der Waals surface area contributed by atoms with Gasteiger partial charge in [-0.25, -0.2) is 4.85 Å². The van der Waals surface area contributed by atoms with Crippen molar-refractivity contribution in [1.82, 2.24) is 27.4 Å². The summed E-state index contributed by atoms with van der Waals surface area (Å²) in [6.07, 6.45) is 0. The van der Waals surface area contributed by atoms with Gasteiger partial charge in [-0.05, 0) is 256 Å². The monoisotopic (exact) mass is 1860 g/mol. The summed E-state index contributed by atoms with van der Waals surface area (Å²) in [5.74, 6) is 0. The summed E-state index contributed by atoms with van der Waals surface area (Å²) >= 11 is 0. The van der Waals surface area contributed by atoms with Gasteiger partial charge in [-0.1, -0.05) is 363 Å². The molecular weight excluding hydrogens is 1760 g/mol. The molecule has 0 aliphatic rings. The molecule has 0 radical (unpaired) electrons. The van der Waals surface area contributed by atoms with Crippen LogP contribution < -0.4 is 0 Å². The minimum atomic E-state index is 0.623. The Morgan fingerprint density at radius 3 is 0.759 bits per heavy atom. The number of hydrogen-bond donors (Lipinski definition) is 0. The molecule has 0 atom stereocenters. The van der Waals surface area contributed by atoms with E-state index in [1.54, 1.807) is 0 Å². The van der Waals surface area contributed by atoms with Gasteiger partial charge >= 0.3 is 0 Å². The van der Waals surface area contributed by atoms with Crippen molar-refractivity contribution in [2.24, 2.45) is 0 Å². The third-order valence-corrected chi connectivity index (χ3v) is 28.2. The molecule has 0 saturated carbocycles. The van der Waals surface area contributed by atoms with Crippen molar-refractivity contribution >= 4 is 137 Å². The van der Waals surface area contributed by atoms with Crippen LogP contribution in [-0.4, -0.2) is 27.4 Å². The Morgan fingerprint density at radius 1 is 0.186 bits per heavy atom. The standard InChI is InChI=1S/2C44H29N3.C43H30N2.3C2H6/c1-29-12-6-9-17-39(29)46-43-23-20-31(30-13-4-3-5-14-30)26-37(43)38-27-32(21-24-44(38)46)36-28-33(45-2)22-25-42(36)47-40-18-10-7-15-34(40)35-16-8-11-19-41(35)47;1-29-11-5-8-16-40(29)47-43-23-19-31(30-12-3-2-4-13-30)26-38(43)39-27-32(20-24-44(39)47)35-22-21-34(25-33(35)28-45)46-41-17-9-6-14-36(41)37-15-7-10-18-42(37)46;1-29-13-5-9-19-38(29)44-42-25-23-31(30-14-3-2-4-15-30)27-36(42)37-28-32(24-26-43(37)44)33-16-6-10-20-39(33)45-40-21-11-7-17-34(40)35-18-8-12-22-41(35)45;3*1-2/h3-28H,1H3;2-27H,1H3;2-28H,1H3;3*1-2H3. The molecule has 0 spiro atoms. The van der Waals surface area contributed by atoms with Gasteiger partial charge in [0, 0.05) is 92.9 Å². The van der Waals surface area contributed by atoms with E-state index < -0.39 is 0 Å². The maximum Gasteiger partial charge on any atom is 0.188 e. The molecule has 0 aliphatic heterocycles. The SMILES string of the molecule is CC.CC.CC.Cc1ccccc1-n1c2ccc(-c3ccccc3)cc2c2cc(-c3ccc(-n4c5ccccc5c5ccccc54)cc3C#N)ccc21.Cc1ccccc1-n1c2ccc(-c3ccccc3)cc2c2cc(-c3ccccc3-n3c4ccccc4c4ccccc43)ccc21.[C-]#[N+]c1ccc(-n2c3ccccc3c3ccccc32)c(-c2ccc3c(c2)c2cc(-c4ccccc4)ccc2n3-c2ccccc2C)c1. The summed E-state index contributed by atoms with van der Waals surface area (Å²) in [7, 11) is 0. The van der Waals surface area contributed by atoms with E-state index in [1.165, 1.54) is 171 Å². The fourth-order valence-corrected chi connectivity index (χ4v) is 21.7. The molecule has 0 unspecified atom stereocenters. The molecule has 0 aliphatic carbocycles. The van der Waals surface area contributed by atoms with Gasteiger partial charge in [-0.2, -0.15) is 5.26 Å². The predicted molar refractivity (Wildman–Crippen MR) is 617 cm³/mol. The Balaban J connectivity index is 0.000000121. The Hall–Kier alpha value is -18.6. The number of rotatable bonds is 12. The van der Waals surface area contributed by atoms with E-state index in [0.29, 0.717) is 11.3 Å². The fraction of sp³-hybridized carbons (Fsp3) is 0.0657. The second-order valence-corrected chi connectivity index (χ2v) is 36.1. The largest absolute Gasteiger partial charge is 0.309 e. The summed E-state index contributed by atoms with van der Waals surface area (Å²) < 4.78 is 14.2. The number of para-hydroxylation sites is 10. The highest BCUT2D eigenvalue weighted by Crippen LogP contribution is 2.47. The van der Waals surface area contributed by atoms with E-state index in [2.05, 4.69) is 520 Å². The van der Waals surface area contributed by atoms with E-state index >= 15 is 0 Å². The molecule has 0 N–H and O–H groups in total. The predicted octanol–water partition coefficient (Wildman–Crippen LogP) is 38.1. The lowest BCUT2D eigenvalue weighted by atomic mass is 9.97. The van der Waals surface area contributed by atoms with Gasteiger partial charge in [-0.3, -0.25) is 0 Å². The van der Waals surface area contributed by atoms with Gasteiger partial charge in [0.2, 0.25) is 0 Å². The maximum atomic E-state index is 10.5. The zero-order chi connectivity index (χ0) is 98.9. The zero-order valence-electron chi connectivity index (χ0n) is 82.7. The average Bonchev–Trinajstić information content (AvgIpc) is 1.59. The summed E-state index contributed by atoms with van der Waals surface area (Å²) in [5.41, 5.74) is 39.5. The van der Waals surface area contributed by atoms with E-state index in [9.17, 15) is 5.26 Å². The van der Waals surface area contributed by atoms with Crippen LogP contribution in [0.2, 0.25) is 0 Å². The summed E-state index contributed by atoms with van der Waals surface area (Å²) in [6, 6.07) is 174. The zero-order valence-corrected chi connectivity index (χ0v) is 82.7.